The van der Waals surface area contributed by atoms with Crippen molar-refractivity contribution in [3.8, 4) is 10.6 Å². The maximum atomic E-state index is 4.57. The lowest BCUT2D eigenvalue weighted by Gasteiger charge is -1.89. The number of nitrogens with zero attached hydrogens (tertiary/aromatic N) is 1. The molecule has 0 amide bonds. The SMILES string of the molecule is CCCc1csc(-c2ccsc2)n1. The lowest BCUT2D eigenvalue weighted by atomic mass is 10.3. The van der Waals surface area contributed by atoms with Gasteiger partial charge in [0, 0.05) is 16.3 Å². The summed E-state index contributed by atoms with van der Waals surface area (Å²) in [5, 5.41) is 7.56. The average molecular weight is 209 g/mol. The minimum Gasteiger partial charge on any atom is -0.241 e. The molecule has 0 aliphatic carbocycles. The second-order valence-corrected chi connectivity index (χ2v) is 4.54. The zero-order valence-electron chi connectivity index (χ0n) is 7.49. The molecule has 3 heteroatoms. The van der Waals surface area contributed by atoms with Crippen molar-refractivity contribution in [3.63, 3.8) is 0 Å². The van der Waals surface area contributed by atoms with Gasteiger partial charge in [0.25, 0.3) is 0 Å². The van der Waals surface area contributed by atoms with E-state index in [1.54, 1.807) is 22.7 Å². The van der Waals surface area contributed by atoms with E-state index in [2.05, 4.69) is 34.1 Å². The Bertz CT molecular complexity index is 362. The fourth-order valence-corrected chi connectivity index (χ4v) is 2.76. The van der Waals surface area contributed by atoms with Crippen LogP contribution in [0.15, 0.2) is 22.2 Å². The molecule has 0 unspecified atom stereocenters. The van der Waals surface area contributed by atoms with Crippen molar-refractivity contribution in [3.05, 3.63) is 27.9 Å². The molecular weight excluding hydrogens is 198 g/mol. The molecular formula is C10H11NS2. The van der Waals surface area contributed by atoms with Crippen LogP contribution in [0.5, 0.6) is 0 Å². The molecule has 0 bridgehead atoms. The van der Waals surface area contributed by atoms with Crippen LogP contribution in [0, 0.1) is 0 Å². The van der Waals surface area contributed by atoms with E-state index < -0.39 is 0 Å². The quantitative estimate of drug-likeness (QED) is 0.748. The third-order valence-electron chi connectivity index (χ3n) is 1.83. The lowest BCUT2D eigenvalue weighted by Crippen LogP contribution is -1.81. The molecule has 0 aliphatic heterocycles. The van der Waals surface area contributed by atoms with Crippen molar-refractivity contribution in [2.45, 2.75) is 19.8 Å². The fraction of sp³-hybridized carbons (Fsp3) is 0.300. The molecule has 0 saturated heterocycles. The van der Waals surface area contributed by atoms with Crippen LogP contribution < -0.4 is 0 Å². The fourth-order valence-electron chi connectivity index (χ4n) is 1.20. The highest BCUT2D eigenvalue weighted by Crippen LogP contribution is 2.25. The van der Waals surface area contributed by atoms with E-state index in [-0.39, 0.29) is 0 Å². The molecule has 0 aromatic carbocycles. The monoisotopic (exact) mass is 209 g/mol. The zero-order valence-corrected chi connectivity index (χ0v) is 9.12. The Morgan fingerprint density at radius 1 is 1.38 bits per heavy atom. The molecule has 0 aliphatic rings. The lowest BCUT2D eigenvalue weighted by molar-refractivity contribution is 0.894. The van der Waals surface area contributed by atoms with E-state index in [0.717, 1.165) is 11.4 Å². The van der Waals surface area contributed by atoms with Gasteiger partial charge in [0.1, 0.15) is 5.01 Å². The minimum absolute atomic E-state index is 1.10. The predicted molar refractivity (Wildman–Crippen MR) is 59.4 cm³/mol. The van der Waals surface area contributed by atoms with Crippen LogP contribution in [0.3, 0.4) is 0 Å². The van der Waals surface area contributed by atoms with Crippen LogP contribution in [0.1, 0.15) is 19.0 Å². The summed E-state index contributed by atoms with van der Waals surface area (Å²) in [7, 11) is 0. The molecule has 68 valence electrons. The summed E-state index contributed by atoms with van der Waals surface area (Å²) < 4.78 is 0. The number of thiophene rings is 1. The number of thiazole rings is 1. The Hall–Kier alpha value is -0.670. The van der Waals surface area contributed by atoms with Crippen molar-refractivity contribution in [2.75, 3.05) is 0 Å². The van der Waals surface area contributed by atoms with E-state index in [0.29, 0.717) is 0 Å². The first kappa shape index (κ1) is 8.91. The van der Waals surface area contributed by atoms with Gasteiger partial charge in [-0.2, -0.15) is 11.3 Å². The third-order valence-corrected chi connectivity index (χ3v) is 3.45. The van der Waals surface area contributed by atoms with Crippen molar-refractivity contribution in [1.29, 1.82) is 0 Å². The van der Waals surface area contributed by atoms with Crippen LogP contribution in [-0.4, -0.2) is 4.98 Å². The van der Waals surface area contributed by atoms with Gasteiger partial charge >= 0.3 is 0 Å². The van der Waals surface area contributed by atoms with Crippen molar-refractivity contribution in [1.82, 2.24) is 4.98 Å². The van der Waals surface area contributed by atoms with Crippen molar-refractivity contribution < 1.29 is 0 Å². The van der Waals surface area contributed by atoms with Crippen LogP contribution in [-0.2, 0) is 6.42 Å². The predicted octanol–water partition coefficient (Wildman–Crippen LogP) is 3.82. The van der Waals surface area contributed by atoms with Crippen LogP contribution in [0.4, 0.5) is 0 Å². The van der Waals surface area contributed by atoms with Crippen molar-refractivity contribution in [2.24, 2.45) is 0 Å². The van der Waals surface area contributed by atoms with Gasteiger partial charge in [-0.25, -0.2) is 4.98 Å². The van der Waals surface area contributed by atoms with Gasteiger partial charge in [0.15, 0.2) is 0 Å². The Labute approximate surface area is 86.1 Å². The standard InChI is InChI=1S/C10H11NS2/c1-2-3-9-7-13-10(11-9)8-4-5-12-6-8/h4-7H,2-3H2,1H3. The van der Waals surface area contributed by atoms with E-state index in [1.165, 1.54) is 17.7 Å². The first-order valence-corrected chi connectivity index (χ1v) is 6.19. The Morgan fingerprint density at radius 2 is 2.31 bits per heavy atom. The second-order valence-electron chi connectivity index (χ2n) is 2.91. The summed E-state index contributed by atoms with van der Waals surface area (Å²) in [6.07, 6.45) is 2.27. The van der Waals surface area contributed by atoms with Gasteiger partial charge < -0.3 is 0 Å². The Morgan fingerprint density at radius 3 is 3.00 bits per heavy atom. The average Bonchev–Trinajstić information content (AvgIpc) is 2.70. The summed E-state index contributed by atoms with van der Waals surface area (Å²) in [6, 6.07) is 2.12. The smallest absolute Gasteiger partial charge is 0.124 e. The molecule has 0 fully saturated rings. The number of hydrogen-bond acceptors (Lipinski definition) is 3. The Kier molecular flexibility index (Phi) is 2.76. The highest BCUT2D eigenvalue weighted by molar-refractivity contribution is 7.14. The van der Waals surface area contributed by atoms with E-state index >= 15 is 0 Å². The highest BCUT2D eigenvalue weighted by atomic mass is 32.1. The first-order valence-electron chi connectivity index (χ1n) is 4.37. The molecule has 1 nitrogen and oxygen atoms in total. The molecule has 0 spiro atoms. The second kappa shape index (κ2) is 4.03. The molecule has 2 aromatic heterocycles. The topological polar surface area (TPSA) is 12.9 Å². The summed E-state index contributed by atoms with van der Waals surface area (Å²) in [5.41, 5.74) is 2.49. The highest BCUT2D eigenvalue weighted by Gasteiger charge is 2.03. The molecule has 0 radical (unpaired) electrons. The van der Waals surface area contributed by atoms with Gasteiger partial charge in [-0.05, 0) is 17.9 Å². The normalized spacial score (nSPS) is 10.5. The summed E-state index contributed by atoms with van der Waals surface area (Å²) in [4.78, 5) is 4.57. The van der Waals surface area contributed by atoms with Crippen LogP contribution >= 0.6 is 22.7 Å². The molecule has 0 saturated carbocycles. The maximum Gasteiger partial charge on any atom is 0.124 e. The van der Waals surface area contributed by atoms with Crippen LogP contribution in [0.25, 0.3) is 10.6 Å². The minimum atomic E-state index is 1.10. The molecule has 13 heavy (non-hydrogen) atoms. The van der Waals surface area contributed by atoms with E-state index in [4.69, 9.17) is 0 Å². The third kappa shape index (κ3) is 1.98. The van der Waals surface area contributed by atoms with Gasteiger partial charge in [0.05, 0.1) is 5.69 Å². The van der Waals surface area contributed by atoms with Gasteiger partial charge in [-0.15, -0.1) is 11.3 Å². The van der Waals surface area contributed by atoms with E-state index in [1.807, 2.05) is 0 Å². The Balaban J connectivity index is 2.23. The van der Waals surface area contributed by atoms with Gasteiger partial charge in [-0.1, -0.05) is 13.3 Å². The molecule has 2 aromatic rings. The van der Waals surface area contributed by atoms with Crippen molar-refractivity contribution >= 4 is 22.7 Å². The van der Waals surface area contributed by atoms with Crippen LogP contribution in [0.2, 0.25) is 0 Å². The molecule has 0 atom stereocenters. The zero-order chi connectivity index (χ0) is 9.10. The summed E-state index contributed by atoms with van der Waals surface area (Å²) >= 11 is 3.47. The number of aromatic nitrogens is 1. The summed E-state index contributed by atoms with van der Waals surface area (Å²) in [5.74, 6) is 0. The number of aryl methyl sites for hydroxylation is 1. The number of hydrogen-bond donors (Lipinski definition) is 0. The maximum absolute atomic E-state index is 4.57. The molecule has 2 rings (SSSR count). The van der Waals surface area contributed by atoms with Gasteiger partial charge in [-0.3, -0.25) is 0 Å². The molecule has 0 N–H and O–H groups in total. The largest absolute Gasteiger partial charge is 0.241 e. The van der Waals surface area contributed by atoms with Gasteiger partial charge in [0.2, 0.25) is 0 Å². The number of rotatable bonds is 3. The van der Waals surface area contributed by atoms with E-state index in [9.17, 15) is 0 Å². The molecule has 2 heterocycles. The first-order chi connectivity index (χ1) is 6.40. The summed E-state index contributed by atoms with van der Waals surface area (Å²) in [6.45, 7) is 2.18.